The predicted molar refractivity (Wildman–Crippen MR) is 70.0 cm³/mol. The number of H-pyrrole nitrogens is 1. The first kappa shape index (κ1) is 12.7. The van der Waals surface area contributed by atoms with Crippen LogP contribution < -0.4 is 10.1 Å². The van der Waals surface area contributed by atoms with Gasteiger partial charge >= 0.3 is 6.01 Å². The Morgan fingerprint density at radius 2 is 2.14 bits per heavy atom. The van der Waals surface area contributed by atoms with Crippen molar-refractivity contribution in [3.05, 3.63) is 36.2 Å². The fourth-order valence-electron chi connectivity index (χ4n) is 1.62. The molecule has 0 unspecified atom stereocenters. The van der Waals surface area contributed by atoms with Gasteiger partial charge in [0.2, 0.25) is 5.95 Å². The summed E-state index contributed by atoms with van der Waals surface area (Å²) < 4.78 is 6.30. The average Bonchev–Trinajstić information content (AvgIpc) is 3.19. The van der Waals surface area contributed by atoms with E-state index in [1.165, 1.54) is 18.1 Å². The van der Waals surface area contributed by atoms with Crippen LogP contribution in [0.15, 0.2) is 30.6 Å². The summed E-state index contributed by atoms with van der Waals surface area (Å²) in [4.78, 5) is 15.9. The van der Waals surface area contributed by atoms with Crippen LogP contribution in [0.4, 0.5) is 5.95 Å². The molecule has 10 nitrogen and oxygen atoms in total. The van der Waals surface area contributed by atoms with E-state index in [4.69, 9.17) is 4.74 Å². The van der Waals surface area contributed by atoms with Crippen LogP contribution in [-0.4, -0.2) is 48.4 Å². The number of carbonyl (C=O) groups excluding carboxylic acids is 1. The van der Waals surface area contributed by atoms with Crippen molar-refractivity contribution in [2.45, 2.75) is 0 Å². The monoisotopic (exact) mass is 286 g/mol. The number of aromatic amines is 1. The van der Waals surface area contributed by atoms with E-state index < -0.39 is 0 Å². The molecule has 2 aromatic heterocycles. The van der Waals surface area contributed by atoms with E-state index in [0.717, 1.165) is 5.69 Å². The summed E-state index contributed by atoms with van der Waals surface area (Å²) in [5.74, 6) is -0.113. The molecule has 0 fully saturated rings. The minimum atomic E-state index is -0.322. The van der Waals surface area contributed by atoms with Gasteiger partial charge in [0.1, 0.15) is 6.33 Å². The number of hydrogen-bond acceptors (Lipinski definition) is 7. The first-order valence-corrected chi connectivity index (χ1v) is 5.87. The van der Waals surface area contributed by atoms with Crippen LogP contribution in [0.2, 0.25) is 0 Å². The van der Waals surface area contributed by atoms with E-state index in [0.29, 0.717) is 5.56 Å². The first-order valence-electron chi connectivity index (χ1n) is 5.87. The quantitative estimate of drug-likeness (QED) is 0.694. The third kappa shape index (κ3) is 2.68. The SMILES string of the molecule is COc1n[nH]c(NC(=O)c2ccc(-n3cnnn3)cc2)n1. The normalized spacial score (nSPS) is 10.3. The lowest BCUT2D eigenvalue weighted by molar-refractivity contribution is 0.102. The van der Waals surface area contributed by atoms with E-state index in [1.807, 2.05) is 0 Å². The number of carbonyl (C=O) groups is 1. The van der Waals surface area contributed by atoms with Crippen LogP contribution in [0.25, 0.3) is 5.69 Å². The molecule has 2 heterocycles. The topological polar surface area (TPSA) is 124 Å². The molecule has 3 rings (SSSR count). The van der Waals surface area contributed by atoms with Crippen LogP contribution in [-0.2, 0) is 0 Å². The third-order valence-electron chi connectivity index (χ3n) is 2.62. The van der Waals surface area contributed by atoms with Crippen molar-refractivity contribution in [3.8, 4) is 11.7 Å². The smallest absolute Gasteiger partial charge is 0.336 e. The molecule has 0 atom stereocenters. The van der Waals surface area contributed by atoms with Crippen molar-refractivity contribution < 1.29 is 9.53 Å². The minimum Gasteiger partial charge on any atom is -0.466 e. The lowest BCUT2D eigenvalue weighted by Crippen LogP contribution is -2.13. The molecule has 21 heavy (non-hydrogen) atoms. The van der Waals surface area contributed by atoms with E-state index in [2.05, 4.69) is 36.0 Å². The van der Waals surface area contributed by atoms with E-state index >= 15 is 0 Å². The van der Waals surface area contributed by atoms with Gasteiger partial charge < -0.3 is 4.74 Å². The van der Waals surface area contributed by atoms with E-state index in [-0.39, 0.29) is 17.9 Å². The van der Waals surface area contributed by atoms with Crippen molar-refractivity contribution in [2.75, 3.05) is 12.4 Å². The Labute approximate surface area is 118 Å². The second-order valence-electron chi connectivity index (χ2n) is 3.93. The first-order chi connectivity index (χ1) is 10.3. The Morgan fingerprint density at radius 3 is 2.76 bits per heavy atom. The second-order valence-corrected chi connectivity index (χ2v) is 3.93. The van der Waals surface area contributed by atoms with Gasteiger partial charge in [-0.2, -0.15) is 4.98 Å². The summed E-state index contributed by atoms with van der Waals surface area (Å²) in [6, 6.07) is 6.91. The van der Waals surface area contributed by atoms with Gasteiger partial charge in [0.05, 0.1) is 12.8 Å². The number of nitrogens with zero attached hydrogens (tertiary/aromatic N) is 6. The van der Waals surface area contributed by atoms with E-state index in [9.17, 15) is 4.79 Å². The van der Waals surface area contributed by atoms with Gasteiger partial charge in [-0.25, -0.2) is 9.78 Å². The number of rotatable bonds is 4. The van der Waals surface area contributed by atoms with Gasteiger partial charge in [-0.3, -0.25) is 10.1 Å². The summed E-state index contributed by atoms with van der Waals surface area (Å²) in [5.41, 5.74) is 1.21. The minimum absolute atomic E-state index is 0.152. The van der Waals surface area contributed by atoms with Crippen LogP contribution in [0.3, 0.4) is 0 Å². The molecule has 0 bridgehead atoms. The number of tetrazole rings is 1. The molecule has 0 aliphatic rings. The molecule has 0 radical (unpaired) electrons. The third-order valence-corrected chi connectivity index (χ3v) is 2.62. The highest BCUT2D eigenvalue weighted by molar-refractivity contribution is 6.03. The largest absolute Gasteiger partial charge is 0.466 e. The number of nitrogens with one attached hydrogen (secondary N) is 2. The molecule has 0 saturated heterocycles. The Hall–Kier alpha value is -3.30. The zero-order valence-electron chi connectivity index (χ0n) is 10.9. The van der Waals surface area contributed by atoms with Crippen LogP contribution >= 0.6 is 0 Å². The van der Waals surface area contributed by atoms with Gasteiger partial charge in [-0.15, -0.1) is 10.2 Å². The molecule has 0 aliphatic carbocycles. The number of ether oxygens (including phenoxy) is 1. The molecular formula is C11H10N8O2. The number of anilines is 1. The summed E-state index contributed by atoms with van der Waals surface area (Å²) >= 11 is 0. The zero-order chi connectivity index (χ0) is 14.7. The summed E-state index contributed by atoms with van der Waals surface area (Å²) in [5, 5.41) is 19.7. The molecule has 0 spiro atoms. The molecular weight excluding hydrogens is 276 g/mol. The number of amides is 1. The van der Waals surface area contributed by atoms with Gasteiger partial charge in [0.25, 0.3) is 5.91 Å². The second kappa shape index (κ2) is 5.36. The Bertz CT molecular complexity index is 734. The fraction of sp³-hybridized carbons (Fsp3) is 0.0909. The zero-order valence-corrected chi connectivity index (χ0v) is 10.9. The van der Waals surface area contributed by atoms with Gasteiger partial charge in [0, 0.05) is 5.56 Å². The van der Waals surface area contributed by atoms with Gasteiger partial charge in [0.15, 0.2) is 0 Å². The highest BCUT2D eigenvalue weighted by atomic mass is 16.5. The van der Waals surface area contributed by atoms with Crippen molar-refractivity contribution in [2.24, 2.45) is 0 Å². The highest BCUT2D eigenvalue weighted by Crippen LogP contribution is 2.10. The summed E-state index contributed by atoms with van der Waals surface area (Å²) in [6.07, 6.45) is 1.47. The van der Waals surface area contributed by atoms with Crippen LogP contribution in [0.5, 0.6) is 6.01 Å². The molecule has 1 aromatic carbocycles. The molecule has 106 valence electrons. The summed E-state index contributed by atoms with van der Waals surface area (Å²) in [6.45, 7) is 0. The van der Waals surface area contributed by atoms with Crippen molar-refractivity contribution >= 4 is 11.9 Å². The maximum Gasteiger partial charge on any atom is 0.336 e. The number of methoxy groups -OCH3 is 1. The maximum atomic E-state index is 12.0. The van der Waals surface area contributed by atoms with Gasteiger partial charge in [-0.1, -0.05) is 0 Å². The molecule has 0 saturated carbocycles. The van der Waals surface area contributed by atoms with Crippen LogP contribution in [0, 0.1) is 0 Å². The van der Waals surface area contributed by atoms with Crippen molar-refractivity contribution in [1.82, 2.24) is 35.4 Å². The average molecular weight is 286 g/mol. The molecule has 10 heteroatoms. The lowest BCUT2D eigenvalue weighted by atomic mass is 10.2. The Morgan fingerprint density at radius 1 is 1.33 bits per heavy atom. The fourth-order valence-corrected chi connectivity index (χ4v) is 1.62. The molecule has 0 aliphatic heterocycles. The summed E-state index contributed by atoms with van der Waals surface area (Å²) in [7, 11) is 1.44. The maximum absolute atomic E-state index is 12.0. The van der Waals surface area contributed by atoms with E-state index in [1.54, 1.807) is 24.3 Å². The molecule has 2 N–H and O–H groups in total. The number of aromatic nitrogens is 7. The lowest BCUT2D eigenvalue weighted by Gasteiger charge is -2.03. The Balaban J connectivity index is 1.73. The highest BCUT2D eigenvalue weighted by Gasteiger charge is 2.10. The molecule has 1 amide bonds. The van der Waals surface area contributed by atoms with Gasteiger partial charge in [-0.05, 0) is 34.7 Å². The standard InChI is InChI=1S/C11H10N8O2/c1-21-11-14-10(15-16-11)13-9(20)7-2-4-8(5-3-7)19-6-12-17-18-19/h2-6H,1H3,(H2,13,14,15,16,20). The number of benzene rings is 1. The van der Waals surface area contributed by atoms with Crippen LogP contribution in [0.1, 0.15) is 10.4 Å². The predicted octanol–water partition coefficient (Wildman–Crippen LogP) is 0.0413. The van der Waals surface area contributed by atoms with Crippen molar-refractivity contribution in [3.63, 3.8) is 0 Å². The number of hydrogen-bond donors (Lipinski definition) is 2. The molecule has 3 aromatic rings. The Kier molecular flexibility index (Phi) is 3.25. The van der Waals surface area contributed by atoms with Crippen molar-refractivity contribution in [1.29, 1.82) is 0 Å².